The molecule has 0 amide bonds. The fourth-order valence-corrected chi connectivity index (χ4v) is 1.09. The molecule has 0 aromatic carbocycles. The number of nitrogens with one attached hydrogen (secondary N) is 1. The van der Waals surface area contributed by atoms with Gasteiger partial charge in [0.1, 0.15) is 0 Å². The Balaban J connectivity index is 3.90. The van der Waals surface area contributed by atoms with Gasteiger partial charge in [0.25, 0.3) is 0 Å². The van der Waals surface area contributed by atoms with Gasteiger partial charge in [-0.05, 0) is 5.57 Å². The van der Waals surface area contributed by atoms with E-state index in [0.717, 1.165) is 12.1 Å². The molecule has 0 heterocycles. The maximum absolute atomic E-state index is 8.55. The molecule has 4 heteroatoms. The Hall–Kier alpha value is -1.36. The van der Waals surface area contributed by atoms with E-state index in [0.29, 0.717) is 12.6 Å². The van der Waals surface area contributed by atoms with Crippen molar-refractivity contribution >= 4 is 0 Å². The minimum Gasteiger partial charge on any atom is -0.311 e. The largest absolute Gasteiger partial charge is 0.311 e. The highest BCUT2D eigenvalue weighted by molar-refractivity contribution is 5.02. The monoisotopic (exact) mass is 206 g/mol. The van der Waals surface area contributed by atoms with E-state index in [9.17, 15) is 0 Å². The predicted octanol–water partition coefficient (Wildman–Crippen LogP) is 0.890. The molecule has 15 heavy (non-hydrogen) atoms. The zero-order chi connectivity index (χ0) is 11.7. The fourth-order valence-electron chi connectivity index (χ4n) is 1.09. The van der Waals surface area contributed by atoms with Gasteiger partial charge in [-0.3, -0.25) is 4.90 Å². The third kappa shape index (κ3) is 7.69. The average Bonchev–Trinajstić information content (AvgIpc) is 2.15. The molecular weight excluding hydrogens is 188 g/mol. The molecule has 0 saturated carbocycles. The molecular formula is C11H18N4. The van der Waals surface area contributed by atoms with Crippen LogP contribution in [0.15, 0.2) is 12.2 Å². The van der Waals surface area contributed by atoms with Crippen LogP contribution in [0.4, 0.5) is 0 Å². The SMILES string of the molecule is C=C(CNC(C)C)CN(CC#N)CC#N. The summed E-state index contributed by atoms with van der Waals surface area (Å²) in [5.74, 6) is 0. The van der Waals surface area contributed by atoms with Crippen molar-refractivity contribution in [2.45, 2.75) is 19.9 Å². The molecule has 0 rings (SSSR count). The molecule has 82 valence electrons. The first-order valence-electron chi connectivity index (χ1n) is 4.96. The van der Waals surface area contributed by atoms with Crippen LogP contribution in [0.1, 0.15) is 13.8 Å². The van der Waals surface area contributed by atoms with Gasteiger partial charge in [0.05, 0.1) is 25.2 Å². The van der Waals surface area contributed by atoms with Crippen molar-refractivity contribution in [3.63, 3.8) is 0 Å². The Labute approximate surface area is 91.8 Å². The zero-order valence-electron chi connectivity index (χ0n) is 9.45. The van der Waals surface area contributed by atoms with Crippen LogP contribution in [-0.2, 0) is 0 Å². The van der Waals surface area contributed by atoms with Crippen LogP contribution in [0.25, 0.3) is 0 Å². The second-order valence-corrected chi connectivity index (χ2v) is 3.75. The third-order valence-electron chi connectivity index (χ3n) is 1.80. The molecule has 1 N–H and O–H groups in total. The summed E-state index contributed by atoms with van der Waals surface area (Å²) < 4.78 is 0. The number of rotatable bonds is 7. The molecule has 0 aliphatic carbocycles. The predicted molar refractivity (Wildman–Crippen MR) is 59.9 cm³/mol. The first kappa shape index (κ1) is 13.6. The zero-order valence-corrected chi connectivity index (χ0v) is 9.45. The summed E-state index contributed by atoms with van der Waals surface area (Å²) in [6, 6.07) is 4.49. The summed E-state index contributed by atoms with van der Waals surface area (Å²) in [5, 5.41) is 20.3. The van der Waals surface area contributed by atoms with Crippen molar-refractivity contribution in [2.24, 2.45) is 0 Å². The summed E-state index contributed by atoms with van der Waals surface area (Å²) in [6.45, 7) is 9.91. The molecule has 0 fully saturated rings. The molecule has 0 spiro atoms. The molecule has 0 aliphatic heterocycles. The fraction of sp³-hybridized carbons (Fsp3) is 0.636. The molecule has 0 aliphatic rings. The van der Waals surface area contributed by atoms with Crippen molar-refractivity contribution in [1.82, 2.24) is 10.2 Å². The first-order valence-corrected chi connectivity index (χ1v) is 4.96. The Morgan fingerprint density at radius 2 is 1.87 bits per heavy atom. The van der Waals surface area contributed by atoms with Crippen LogP contribution in [0.5, 0.6) is 0 Å². The van der Waals surface area contributed by atoms with Gasteiger partial charge >= 0.3 is 0 Å². The highest BCUT2D eigenvalue weighted by Crippen LogP contribution is 1.95. The smallest absolute Gasteiger partial charge is 0.0877 e. The van der Waals surface area contributed by atoms with E-state index in [4.69, 9.17) is 10.5 Å². The van der Waals surface area contributed by atoms with Gasteiger partial charge in [0.2, 0.25) is 0 Å². The lowest BCUT2D eigenvalue weighted by molar-refractivity contribution is 0.367. The normalized spacial score (nSPS) is 10.0. The Bertz CT molecular complexity index is 253. The van der Waals surface area contributed by atoms with E-state index in [1.54, 1.807) is 4.90 Å². The van der Waals surface area contributed by atoms with Gasteiger partial charge < -0.3 is 5.32 Å². The van der Waals surface area contributed by atoms with E-state index in [1.807, 2.05) is 12.1 Å². The lowest BCUT2D eigenvalue weighted by atomic mass is 10.2. The lowest BCUT2D eigenvalue weighted by Gasteiger charge is -2.18. The van der Waals surface area contributed by atoms with Crippen LogP contribution >= 0.6 is 0 Å². The van der Waals surface area contributed by atoms with Crippen molar-refractivity contribution in [3.05, 3.63) is 12.2 Å². The minimum absolute atomic E-state index is 0.272. The number of hydrogen-bond acceptors (Lipinski definition) is 4. The molecule has 0 saturated heterocycles. The Morgan fingerprint density at radius 3 is 2.27 bits per heavy atom. The topological polar surface area (TPSA) is 62.9 Å². The van der Waals surface area contributed by atoms with Crippen LogP contribution in [0, 0.1) is 22.7 Å². The van der Waals surface area contributed by atoms with E-state index < -0.39 is 0 Å². The molecule has 0 aromatic rings. The maximum Gasteiger partial charge on any atom is 0.0877 e. The van der Waals surface area contributed by atoms with Crippen molar-refractivity contribution in [2.75, 3.05) is 26.2 Å². The molecule has 0 atom stereocenters. The molecule has 0 aromatic heterocycles. The Kier molecular flexibility index (Phi) is 7.27. The minimum atomic E-state index is 0.272. The van der Waals surface area contributed by atoms with Crippen LogP contribution in [0.3, 0.4) is 0 Å². The molecule has 0 radical (unpaired) electrons. The summed E-state index contributed by atoms with van der Waals surface area (Å²) in [4.78, 5) is 1.77. The maximum atomic E-state index is 8.55. The molecule has 0 bridgehead atoms. The standard InChI is InChI=1S/C11H18N4/c1-10(2)14-8-11(3)9-15(6-4-12)7-5-13/h10,14H,3,6-9H2,1-2H3. The summed E-state index contributed by atoms with van der Waals surface area (Å²) >= 11 is 0. The average molecular weight is 206 g/mol. The number of hydrogen-bond donors (Lipinski definition) is 1. The van der Waals surface area contributed by atoms with Crippen LogP contribution < -0.4 is 5.32 Å². The number of nitrogens with zero attached hydrogens (tertiary/aromatic N) is 3. The van der Waals surface area contributed by atoms with Crippen LogP contribution in [0.2, 0.25) is 0 Å². The highest BCUT2D eigenvalue weighted by atomic mass is 15.1. The Morgan fingerprint density at radius 1 is 1.33 bits per heavy atom. The van der Waals surface area contributed by atoms with E-state index >= 15 is 0 Å². The van der Waals surface area contributed by atoms with Crippen molar-refractivity contribution < 1.29 is 0 Å². The van der Waals surface area contributed by atoms with E-state index in [2.05, 4.69) is 25.7 Å². The molecule has 4 nitrogen and oxygen atoms in total. The van der Waals surface area contributed by atoms with E-state index in [1.165, 1.54) is 0 Å². The van der Waals surface area contributed by atoms with Gasteiger partial charge in [-0.25, -0.2) is 0 Å². The summed E-state index contributed by atoms with van der Waals surface area (Å²) in [5.41, 5.74) is 0.995. The van der Waals surface area contributed by atoms with Gasteiger partial charge in [0, 0.05) is 19.1 Å². The van der Waals surface area contributed by atoms with Gasteiger partial charge in [-0.15, -0.1) is 0 Å². The van der Waals surface area contributed by atoms with Crippen molar-refractivity contribution in [3.8, 4) is 12.1 Å². The first-order chi connectivity index (χ1) is 7.10. The highest BCUT2D eigenvalue weighted by Gasteiger charge is 2.05. The second-order valence-electron chi connectivity index (χ2n) is 3.75. The molecule has 0 unspecified atom stereocenters. The van der Waals surface area contributed by atoms with Gasteiger partial charge in [-0.2, -0.15) is 10.5 Å². The van der Waals surface area contributed by atoms with Crippen LogP contribution in [-0.4, -0.2) is 37.1 Å². The lowest BCUT2D eigenvalue weighted by Crippen LogP contribution is -2.32. The second kappa shape index (κ2) is 7.99. The number of nitriles is 2. The van der Waals surface area contributed by atoms with Gasteiger partial charge in [0.15, 0.2) is 0 Å². The van der Waals surface area contributed by atoms with E-state index in [-0.39, 0.29) is 13.1 Å². The summed E-state index contributed by atoms with van der Waals surface area (Å²) in [6.07, 6.45) is 0. The quantitative estimate of drug-likeness (QED) is 0.496. The van der Waals surface area contributed by atoms with Gasteiger partial charge in [-0.1, -0.05) is 20.4 Å². The third-order valence-corrected chi connectivity index (χ3v) is 1.80. The summed E-state index contributed by atoms with van der Waals surface area (Å²) in [7, 11) is 0. The van der Waals surface area contributed by atoms with Crippen molar-refractivity contribution in [1.29, 1.82) is 10.5 Å².